The third-order valence-corrected chi connectivity index (χ3v) is 7.73. The van der Waals surface area contributed by atoms with Gasteiger partial charge in [0.25, 0.3) is 0 Å². The minimum Gasteiger partial charge on any atom is -0.460 e. The summed E-state index contributed by atoms with van der Waals surface area (Å²) in [7, 11) is 0. The highest BCUT2D eigenvalue weighted by molar-refractivity contribution is 5.87. The fourth-order valence-electron chi connectivity index (χ4n) is 5.75. The maximum Gasteiger partial charge on any atom is 0.340 e. The Kier molecular flexibility index (Phi) is 14.7. The van der Waals surface area contributed by atoms with Crippen LogP contribution in [0.15, 0.2) is 12.2 Å². The third-order valence-electron chi connectivity index (χ3n) is 7.73. The molecule has 0 N–H and O–H groups in total. The van der Waals surface area contributed by atoms with Crippen molar-refractivity contribution in [2.75, 3.05) is 19.8 Å². The molecule has 8 heteroatoms. The smallest absolute Gasteiger partial charge is 0.340 e. The van der Waals surface area contributed by atoms with E-state index >= 15 is 0 Å². The zero-order valence-corrected chi connectivity index (χ0v) is 28.8. The van der Waals surface area contributed by atoms with E-state index < -0.39 is 46.2 Å². The van der Waals surface area contributed by atoms with E-state index in [1.165, 1.54) is 38.5 Å². The lowest BCUT2D eigenvalue weighted by molar-refractivity contribution is -0.323. The van der Waals surface area contributed by atoms with Gasteiger partial charge >= 0.3 is 11.9 Å². The first kappa shape index (κ1) is 37.7. The first-order chi connectivity index (χ1) is 20.0. The van der Waals surface area contributed by atoms with Crippen LogP contribution in [0.1, 0.15) is 146 Å². The molecule has 0 saturated carbocycles. The van der Waals surface area contributed by atoms with Gasteiger partial charge in [0, 0.05) is 18.8 Å². The number of esters is 2. The summed E-state index contributed by atoms with van der Waals surface area (Å²) >= 11 is 0. The number of hydrogen-bond donors (Lipinski definition) is 0. The molecular weight excluding hydrogens is 548 g/mol. The topological polar surface area (TPSA) is 89.5 Å². The van der Waals surface area contributed by atoms with Gasteiger partial charge in [0.15, 0.2) is 17.2 Å². The standard InChI is InChI=1S/C35H62O8/c1-10-11-12-13-14-16-19-22-34(38-24-25-39-34)23-20-17-15-18-21-28-27-40-33(8,9)43-35(28,30(37)42-32(5,6)7)26-29(36)41-31(2,3)4/h18,21,28H,10-17,19-20,22-27H2,1-9H3/b21-18+/t28-,35+/m1/s1. The van der Waals surface area contributed by atoms with Crippen LogP contribution in [0.5, 0.6) is 0 Å². The van der Waals surface area contributed by atoms with E-state index in [1.54, 1.807) is 55.4 Å². The van der Waals surface area contributed by atoms with Crippen LogP contribution in [0.25, 0.3) is 0 Å². The second-order valence-corrected chi connectivity index (χ2v) is 14.7. The Morgan fingerprint density at radius 3 is 1.93 bits per heavy atom. The van der Waals surface area contributed by atoms with Crippen LogP contribution >= 0.6 is 0 Å². The van der Waals surface area contributed by atoms with Gasteiger partial charge in [-0.05, 0) is 81.1 Å². The van der Waals surface area contributed by atoms with Crippen LogP contribution < -0.4 is 0 Å². The molecule has 2 aliphatic heterocycles. The van der Waals surface area contributed by atoms with Crippen LogP contribution in [0, 0.1) is 5.92 Å². The van der Waals surface area contributed by atoms with E-state index in [0.29, 0.717) is 13.2 Å². The number of allylic oxidation sites excluding steroid dienone is 1. The van der Waals surface area contributed by atoms with Crippen molar-refractivity contribution in [1.29, 1.82) is 0 Å². The molecule has 2 heterocycles. The second-order valence-electron chi connectivity index (χ2n) is 14.7. The molecule has 2 saturated heterocycles. The molecule has 43 heavy (non-hydrogen) atoms. The Bertz CT molecular complexity index is 875. The van der Waals surface area contributed by atoms with Gasteiger partial charge in [-0.2, -0.15) is 0 Å². The molecule has 2 aliphatic rings. The fourth-order valence-corrected chi connectivity index (χ4v) is 5.75. The predicted octanol–water partition coefficient (Wildman–Crippen LogP) is 8.20. The lowest BCUT2D eigenvalue weighted by Crippen LogP contribution is -2.61. The summed E-state index contributed by atoms with van der Waals surface area (Å²) in [4.78, 5) is 26.8. The van der Waals surface area contributed by atoms with Crippen molar-refractivity contribution in [2.24, 2.45) is 5.92 Å². The molecule has 0 aromatic carbocycles. The molecule has 0 aromatic heterocycles. The molecule has 0 unspecified atom stereocenters. The highest BCUT2D eigenvalue weighted by Crippen LogP contribution is 2.41. The maximum absolute atomic E-state index is 13.8. The first-order valence-corrected chi connectivity index (χ1v) is 16.8. The number of carbonyl (C=O) groups is 2. The number of carbonyl (C=O) groups excluding carboxylic acids is 2. The highest BCUT2D eigenvalue weighted by Gasteiger charge is 2.57. The number of hydrogen-bond acceptors (Lipinski definition) is 8. The molecule has 0 spiro atoms. The molecule has 8 nitrogen and oxygen atoms in total. The highest BCUT2D eigenvalue weighted by atomic mass is 16.7. The van der Waals surface area contributed by atoms with Crippen LogP contribution in [0.3, 0.4) is 0 Å². The lowest BCUT2D eigenvalue weighted by Gasteiger charge is -2.47. The molecule has 2 rings (SSSR count). The molecule has 0 bridgehead atoms. The van der Waals surface area contributed by atoms with Crippen LogP contribution in [0.4, 0.5) is 0 Å². The zero-order valence-electron chi connectivity index (χ0n) is 28.8. The molecule has 250 valence electrons. The van der Waals surface area contributed by atoms with Crippen molar-refractivity contribution < 1.29 is 38.0 Å². The van der Waals surface area contributed by atoms with Crippen molar-refractivity contribution in [3.8, 4) is 0 Å². The fraction of sp³-hybridized carbons (Fsp3) is 0.886. The summed E-state index contributed by atoms with van der Waals surface area (Å²) < 4.78 is 35.9. The van der Waals surface area contributed by atoms with E-state index in [1.807, 2.05) is 6.08 Å². The first-order valence-electron chi connectivity index (χ1n) is 16.8. The van der Waals surface area contributed by atoms with E-state index in [-0.39, 0.29) is 13.0 Å². The Hall–Kier alpha value is -1.48. The van der Waals surface area contributed by atoms with Crippen LogP contribution in [-0.4, -0.2) is 60.1 Å². The van der Waals surface area contributed by atoms with Gasteiger partial charge in [-0.25, -0.2) is 4.79 Å². The molecule has 0 aromatic rings. The van der Waals surface area contributed by atoms with Crippen LogP contribution in [-0.2, 0) is 38.0 Å². The summed E-state index contributed by atoms with van der Waals surface area (Å²) in [5.74, 6) is -3.14. The predicted molar refractivity (Wildman–Crippen MR) is 168 cm³/mol. The van der Waals surface area contributed by atoms with Gasteiger partial charge in [0.2, 0.25) is 0 Å². The summed E-state index contributed by atoms with van der Waals surface area (Å²) in [5.41, 5.74) is -3.02. The summed E-state index contributed by atoms with van der Waals surface area (Å²) in [6, 6.07) is 0. The third kappa shape index (κ3) is 13.6. The average Bonchev–Trinajstić information content (AvgIpc) is 3.33. The second kappa shape index (κ2) is 16.7. The van der Waals surface area contributed by atoms with E-state index in [4.69, 9.17) is 28.4 Å². The zero-order chi connectivity index (χ0) is 32.2. The maximum atomic E-state index is 13.8. The van der Waals surface area contributed by atoms with Crippen LogP contribution in [0.2, 0.25) is 0 Å². The van der Waals surface area contributed by atoms with Gasteiger partial charge in [-0.3, -0.25) is 4.79 Å². The Balaban J connectivity index is 2.02. The summed E-state index contributed by atoms with van der Waals surface area (Å²) in [5, 5.41) is 0. The molecule has 0 amide bonds. The monoisotopic (exact) mass is 610 g/mol. The van der Waals surface area contributed by atoms with Gasteiger partial charge in [-0.1, -0.05) is 57.6 Å². The largest absolute Gasteiger partial charge is 0.460 e. The van der Waals surface area contributed by atoms with Gasteiger partial charge < -0.3 is 28.4 Å². The summed E-state index contributed by atoms with van der Waals surface area (Å²) in [6.07, 6.45) is 17.2. The number of ether oxygens (including phenoxy) is 6. The van der Waals surface area contributed by atoms with Crippen molar-refractivity contribution in [3.63, 3.8) is 0 Å². The lowest BCUT2D eigenvalue weighted by atomic mass is 9.82. The van der Waals surface area contributed by atoms with Crippen molar-refractivity contribution >= 4 is 11.9 Å². The van der Waals surface area contributed by atoms with Crippen molar-refractivity contribution in [3.05, 3.63) is 12.2 Å². The Morgan fingerprint density at radius 2 is 1.35 bits per heavy atom. The molecule has 2 fully saturated rings. The van der Waals surface area contributed by atoms with E-state index in [2.05, 4.69) is 13.0 Å². The van der Waals surface area contributed by atoms with Gasteiger partial charge in [0.1, 0.15) is 11.2 Å². The number of unbranched alkanes of at least 4 members (excludes halogenated alkanes) is 8. The molecule has 0 radical (unpaired) electrons. The summed E-state index contributed by atoms with van der Waals surface area (Å²) in [6.45, 7) is 18.1. The number of rotatable bonds is 17. The van der Waals surface area contributed by atoms with Crippen molar-refractivity contribution in [1.82, 2.24) is 0 Å². The Morgan fingerprint density at radius 1 is 0.791 bits per heavy atom. The minimum atomic E-state index is -1.57. The van der Waals surface area contributed by atoms with Gasteiger partial charge in [0.05, 0.1) is 26.2 Å². The normalized spacial score (nSPS) is 23.9. The Labute approximate surface area is 261 Å². The quantitative estimate of drug-likeness (QED) is 0.0925. The molecular formula is C35H62O8. The molecule has 0 aliphatic carbocycles. The molecule has 2 atom stereocenters. The average molecular weight is 611 g/mol. The van der Waals surface area contributed by atoms with Gasteiger partial charge in [-0.15, -0.1) is 0 Å². The van der Waals surface area contributed by atoms with Crippen molar-refractivity contribution in [2.45, 2.75) is 174 Å². The van der Waals surface area contributed by atoms with E-state index in [9.17, 15) is 9.59 Å². The minimum absolute atomic E-state index is 0.217. The van der Waals surface area contributed by atoms with E-state index in [0.717, 1.165) is 38.5 Å². The SMILES string of the molecule is CCCCCCCCCC1(CCCC/C=C/[C@@H]2COC(C)(C)O[C@]2(CC(=O)OC(C)(C)C)C(=O)OC(C)(C)C)OCCO1.